The third kappa shape index (κ3) is 2.85. The highest BCUT2D eigenvalue weighted by Crippen LogP contribution is 2.32. The zero-order valence-corrected chi connectivity index (χ0v) is 17.8. The minimum Gasteiger partial charge on any atom is -0.486 e. The number of hydrogen-bond acceptors (Lipinski definition) is 5. The third-order valence-corrected chi connectivity index (χ3v) is 5.84. The monoisotopic (exact) mass is 444 g/mol. The van der Waals surface area contributed by atoms with Crippen LogP contribution >= 0.6 is 11.6 Å². The van der Waals surface area contributed by atoms with E-state index in [0.29, 0.717) is 52.0 Å². The smallest absolute Gasteiger partial charge is 0.266 e. The Morgan fingerprint density at radius 3 is 2.72 bits per heavy atom. The van der Waals surface area contributed by atoms with E-state index in [1.807, 2.05) is 55.5 Å². The van der Waals surface area contributed by atoms with E-state index in [1.165, 1.54) is 0 Å². The second-order valence-electron chi connectivity index (χ2n) is 7.58. The van der Waals surface area contributed by atoms with Gasteiger partial charge in [-0.2, -0.15) is 5.10 Å². The fourth-order valence-electron chi connectivity index (χ4n) is 4.14. The molecule has 6 rings (SSSR count). The highest BCUT2D eigenvalue weighted by Gasteiger charge is 2.18. The highest BCUT2D eigenvalue weighted by atomic mass is 35.5. The number of fused-ring (bicyclic) bond motifs is 4. The first-order valence-electron chi connectivity index (χ1n) is 10.2. The number of pyridine rings is 1. The number of nitrogens with zero attached hydrogens (tertiary/aromatic N) is 4. The van der Waals surface area contributed by atoms with Crippen LogP contribution in [0.3, 0.4) is 0 Å². The van der Waals surface area contributed by atoms with Gasteiger partial charge in [-0.15, -0.1) is 0 Å². The van der Waals surface area contributed by atoms with Gasteiger partial charge in [0.2, 0.25) is 0 Å². The summed E-state index contributed by atoms with van der Waals surface area (Å²) in [5.74, 6) is 1.31. The molecule has 1 aliphatic rings. The van der Waals surface area contributed by atoms with Crippen LogP contribution in [-0.2, 0) is 0 Å². The van der Waals surface area contributed by atoms with Crippen LogP contribution in [0.2, 0.25) is 5.02 Å². The molecular weight excluding hydrogens is 428 g/mol. The SMILES string of the molecule is Cc1nn2c(ncc3c(=O)n(-c4ccc5c(c4)OCCO5)ccc32)c1-c1cccc(Cl)c1. The van der Waals surface area contributed by atoms with Crippen LogP contribution in [0, 0.1) is 6.92 Å². The molecule has 0 saturated heterocycles. The van der Waals surface area contributed by atoms with Crippen molar-refractivity contribution < 1.29 is 9.47 Å². The molecule has 5 aromatic rings. The topological polar surface area (TPSA) is 70.7 Å². The number of benzene rings is 2. The van der Waals surface area contributed by atoms with Gasteiger partial charge in [-0.05, 0) is 42.8 Å². The number of halogens is 1. The standard InChI is InChI=1S/C24H17ClN4O3/c1-14-22(15-3-2-4-16(25)11-15)23-26-13-18-19(29(23)27-14)7-8-28(24(18)30)17-5-6-20-21(12-17)32-10-9-31-20/h2-8,11-13H,9-10H2,1H3. The van der Waals surface area contributed by atoms with Crippen LogP contribution in [0.4, 0.5) is 0 Å². The van der Waals surface area contributed by atoms with E-state index in [1.54, 1.807) is 21.5 Å². The lowest BCUT2D eigenvalue weighted by Gasteiger charge is -2.19. The van der Waals surface area contributed by atoms with E-state index >= 15 is 0 Å². The summed E-state index contributed by atoms with van der Waals surface area (Å²) in [6, 6.07) is 14.9. The van der Waals surface area contributed by atoms with Gasteiger partial charge in [-0.3, -0.25) is 9.36 Å². The molecule has 8 heteroatoms. The first-order valence-corrected chi connectivity index (χ1v) is 10.5. The molecule has 3 aromatic heterocycles. The predicted molar refractivity (Wildman–Crippen MR) is 122 cm³/mol. The summed E-state index contributed by atoms with van der Waals surface area (Å²) >= 11 is 6.19. The molecule has 0 fully saturated rings. The Kier molecular flexibility index (Phi) is 4.19. The second kappa shape index (κ2) is 7.10. The lowest BCUT2D eigenvalue weighted by molar-refractivity contribution is 0.171. The number of aryl methyl sites for hydroxylation is 1. The van der Waals surface area contributed by atoms with Gasteiger partial charge in [0.15, 0.2) is 17.1 Å². The molecule has 0 unspecified atom stereocenters. The van der Waals surface area contributed by atoms with Crippen molar-refractivity contribution in [3.05, 3.63) is 82.0 Å². The average molecular weight is 445 g/mol. The maximum Gasteiger partial charge on any atom is 0.266 e. The van der Waals surface area contributed by atoms with Gasteiger partial charge in [0.05, 0.1) is 22.3 Å². The summed E-state index contributed by atoms with van der Waals surface area (Å²) in [5.41, 5.74) is 4.50. The Bertz CT molecular complexity index is 1590. The Morgan fingerprint density at radius 2 is 1.88 bits per heavy atom. The van der Waals surface area contributed by atoms with E-state index in [2.05, 4.69) is 10.1 Å². The Labute approximate surface area is 187 Å². The molecule has 0 radical (unpaired) electrons. The molecule has 0 spiro atoms. The quantitative estimate of drug-likeness (QED) is 0.402. The van der Waals surface area contributed by atoms with Gasteiger partial charge < -0.3 is 9.47 Å². The van der Waals surface area contributed by atoms with Gasteiger partial charge in [0, 0.05) is 29.0 Å². The van der Waals surface area contributed by atoms with Gasteiger partial charge in [0.25, 0.3) is 5.56 Å². The Hall–Kier alpha value is -3.84. The van der Waals surface area contributed by atoms with Crippen LogP contribution in [0.15, 0.2) is 65.7 Å². The van der Waals surface area contributed by atoms with Crippen molar-refractivity contribution in [3.8, 4) is 28.3 Å². The van der Waals surface area contributed by atoms with E-state index in [4.69, 9.17) is 21.1 Å². The van der Waals surface area contributed by atoms with E-state index in [0.717, 1.165) is 16.8 Å². The highest BCUT2D eigenvalue weighted by molar-refractivity contribution is 6.30. The normalized spacial score (nSPS) is 13.1. The molecule has 0 N–H and O–H groups in total. The van der Waals surface area contributed by atoms with Crippen molar-refractivity contribution in [1.82, 2.24) is 19.2 Å². The summed E-state index contributed by atoms with van der Waals surface area (Å²) in [7, 11) is 0. The second-order valence-corrected chi connectivity index (χ2v) is 8.02. The lowest BCUT2D eigenvalue weighted by Crippen LogP contribution is -2.20. The molecular formula is C24H17ClN4O3. The molecule has 0 bridgehead atoms. The minimum absolute atomic E-state index is 0.189. The van der Waals surface area contributed by atoms with Crippen molar-refractivity contribution in [2.45, 2.75) is 6.92 Å². The first-order chi connectivity index (χ1) is 15.6. The zero-order valence-electron chi connectivity index (χ0n) is 17.1. The van der Waals surface area contributed by atoms with Gasteiger partial charge in [-0.1, -0.05) is 23.7 Å². The molecule has 0 amide bonds. The van der Waals surface area contributed by atoms with Crippen LogP contribution < -0.4 is 15.0 Å². The number of aromatic nitrogens is 4. The van der Waals surface area contributed by atoms with Crippen LogP contribution in [0.1, 0.15) is 5.69 Å². The molecule has 4 heterocycles. The lowest BCUT2D eigenvalue weighted by atomic mass is 10.1. The van der Waals surface area contributed by atoms with Crippen LogP contribution in [0.5, 0.6) is 11.5 Å². The van der Waals surface area contributed by atoms with E-state index < -0.39 is 0 Å². The summed E-state index contributed by atoms with van der Waals surface area (Å²) in [6.45, 7) is 2.93. The van der Waals surface area contributed by atoms with Gasteiger partial charge in [-0.25, -0.2) is 9.50 Å². The maximum absolute atomic E-state index is 13.3. The molecule has 1 aliphatic heterocycles. The molecule has 0 aliphatic carbocycles. The molecule has 0 atom stereocenters. The van der Waals surface area contributed by atoms with E-state index in [9.17, 15) is 4.79 Å². The fraction of sp³-hybridized carbons (Fsp3) is 0.125. The zero-order chi connectivity index (χ0) is 21.8. The minimum atomic E-state index is -0.189. The summed E-state index contributed by atoms with van der Waals surface area (Å²) < 4.78 is 14.5. The number of hydrogen-bond donors (Lipinski definition) is 0. The summed E-state index contributed by atoms with van der Waals surface area (Å²) in [4.78, 5) is 17.9. The van der Waals surface area contributed by atoms with Gasteiger partial charge in [0.1, 0.15) is 13.2 Å². The Morgan fingerprint density at radius 1 is 1.03 bits per heavy atom. The predicted octanol–water partition coefficient (Wildman–Crippen LogP) is 4.43. The van der Waals surface area contributed by atoms with Crippen molar-refractivity contribution in [2.75, 3.05) is 13.2 Å². The molecule has 158 valence electrons. The van der Waals surface area contributed by atoms with E-state index in [-0.39, 0.29) is 5.56 Å². The van der Waals surface area contributed by atoms with Crippen molar-refractivity contribution in [1.29, 1.82) is 0 Å². The first kappa shape index (κ1) is 18.9. The Balaban J connectivity index is 1.54. The number of ether oxygens (including phenoxy) is 2. The summed E-state index contributed by atoms with van der Waals surface area (Å²) in [6.07, 6.45) is 3.35. The largest absolute Gasteiger partial charge is 0.486 e. The third-order valence-electron chi connectivity index (χ3n) is 5.60. The van der Waals surface area contributed by atoms with Gasteiger partial charge >= 0.3 is 0 Å². The maximum atomic E-state index is 13.3. The molecule has 2 aromatic carbocycles. The molecule has 0 saturated carbocycles. The molecule has 32 heavy (non-hydrogen) atoms. The van der Waals surface area contributed by atoms with Crippen molar-refractivity contribution in [3.63, 3.8) is 0 Å². The van der Waals surface area contributed by atoms with Crippen LogP contribution in [-0.4, -0.2) is 32.4 Å². The molecule has 7 nitrogen and oxygen atoms in total. The summed E-state index contributed by atoms with van der Waals surface area (Å²) in [5, 5.41) is 5.79. The fourth-order valence-corrected chi connectivity index (χ4v) is 4.33. The van der Waals surface area contributed by atoms with Crippen LogP contribution in [0.25, 0.3) is 33.4 Å². The van der Waals surface area contributed by atoms with Crippen molar-refractivity contribution in [2.24, 2.45) is 0 Å². The number of rotatable bonds is 2. The van der Waals surface area contributed by atoms with Crippen molar-refractivity contribution >= 4 is 28.2 Å². The average Bonchev–Trinajstić information content (AvgIpc) is 3.15.